The standard InChI is InChI=1S/C9H14N4O/c1-6(2)13-4-7(3-11-13)8-5-14-9(10)12-8/h3-4,6,8H,5H2,1-2H3,(H2,10,12). The van der Waals surface area contributed by atoms with Gasteiger partial charge in [-0.05, 0) is 13.8 Å². The Morgan fingerprint density at radius 2 is 2.43 bits per heavy atom. The van der Waals surface area contributed by atoms with Crippen molar-refractivity contribution in [3.05, 3.63) is 18.0 Å². The van der Waals surface area contributed by atoms with Gasteiger partial charge in [-0.1, -0.05) is 0 Å². The molecule has 76 valence electrons. The van der Waals surface area contributed by atoms with Crippen LogP contribution >= 0.6 is 0 Å². The van der Waals surface area contributed by atoms with E-state index in [9.17, 15) is 0 Å². The van der Waals surface area contributed by atoms with Gasteiger partial charge in [-0.2, -0.15) is 5.10 Å². The summed E-state index contributed by atoms with van der Waals surface area (Å²) in [5.74, 6) is 0. The molecule has 1 aliphatic heterocycles. The predicted molar refractivity (Wildman–Crippen MR) is 52.9 cm³/mol. The molecule has 0 spiro atoms. The zero-order chi connectivity index (χ0) is 10.1. The molecule has 0 amide bonds. The summed E-state index contributed by atoms with van der Waals surface area (Å²) in [6.07, 6.45) is 3.80. The minimum Gasteiger partial charge on any atom is -0.463 e. The molecular weight excluding hydrogens is 180 g/mol. The summed E-state index contributed by atoms with van der Waals surface area (Å²) in [5.41, 5.74) is 6.48. The lowest BCUT2D eigenvalue weighted by Crippen LogP contribution is -2.10. The normalized spacial score (nSPS) is 21.1. The Morgan fingerprint density at radius 1 is 1.64 bits per heavy atom. The van der Waals surface area contributed by atoms with Gasteiger partial charge in [0.25, 0.3) is 6.02 Å². The average Bonchev–Trinajstić information content (AvgIpc) is 2.70. The van der Waals surface area contributed by atoms with Gasteiger partial charge in [-0.15, -0.1) is 0 Å². The van der Waals surface area contributed by atoms with Gasteiger partial charge in [0.2, 0.25) is 0 Å². The number of rotatable bonds is 2. The van der Waals surface area contributed by atoms with Gasteiger partial charge in [0.15, 0.2) is 0 Å². The van der Waals surface area contributed by atoms with Gasteiger partial charge < -0.3 is 10.5 Å². The Kier molecular flexibility index (Phi) is 2.15. The van der Waals surface area contributed by atoms with E-state index in [1.165, 1.54) is 0 Å². The largest absolute Gasteiger partial charge is 0.463 e. The Balaban J connectivity index is 2.17. The van der Waals surface area contributed by atoms with Crippen molar-refractivity contribution in [2.75, 3.05) is 6.61 Å². The third kappa shape index (κ3) is 1.57. The lowest BCUT2D eigenvalue weighted by atomic mass is 10.2. The molecule has 0 aromatic carbocycles. The smallest absolute Gasteiger partial charge is 0.282 e. The fourth-order valence-electron chi connectivity index (χ4n) is 1.37. The summed E-state index contributed by atoms with van der Waals surface area (Å²) < 4.78 is 6.98. The van der Waals surface area contributed by atoms with Crippen molar-refractivity contribution in [2.24, 2.45) is 10.7 Å². The molecule has 1 aliphatic rings. The summed E-state index contributed by atoms with van der Waals surface area (Å²) in [6.45, 7) is 4.69. The topological polar surface area (TPSA) is 65.4 Å². The minimum atomic E-state index is 0.0162. The van der Waals surface area contributed by atoms with Crippen molar-refractivity contribution in [3.8, 4) is 0 Å². The van der Waals surface area contributed by atoms with E-state index in [0.717, 1.165) is 5.56 Å². The van der Waals surface area contributed by atoms with Gasteiger partial charge >= 0.3 is 0 Å². The van der Waals surface area contributed by atoms with Gasteiger partial charge in [0, 0.05) is 17.8 Å². The Hall–Kier alpha value is -1.52. The number of hydrogen-bond acceptors (Lipinski definition) is 4. The number of nitrogens with two attached hydrogens (primary N) is 1. The highest BCUT2D eigenvalue weighted by Gasteiger charge is 2.20. The quantitative estimate of drug-likeness (QED) is 0.759. The minimum absolute atomic E-state index is 0.0162. The van der Waals surface area contributed by atoms with Crippen LogP contribution in [0, 0.1) is 0 Å². The number of amidine groups is 1. The highest BCUT2D eigenvalue weighted by molar-refractivity contribution is 5.73. The van der Waals surface area contributed by atoms with Crippen LogP contribution in [-0.2, 0) is 4.74 Å². The molecule has 0 aliphatic carbocycles. The zero-order valence-corrected chi connectivity index (χ0v) is 8.34. The lowest BCUT2D eigenvalue weighted by molar-refractivity contribution is 0.315. The van der Waals surface area contributed by atoms with Crippen molar-refractivity contribution in [1.29, 1.82) is 0 Å². The summed E-state index contributed by atoms with van der Waals surface area (Å²) in [5, 5.41) is 4.24. The van der Waals surface area contributed by atoms with E-state index < -0.39 is 0 Å². The monoisotopic (exact) mass is 194 g/mol. The van der Waals surface area contributed by atoms with Gasteiger partial charge in [0.1, 0.15) is 12.6 Å². The SMILES string of the molecule is CC(C)n1cc(C2COC(N)=N2)cn1. The molecule has 5 heteroatoms. The first-order chi connectivity index (χ1) is 6.66. The zero-order valence-electron chi connectivity index (χ0n) is 8.34. The van der Waals surface area contributed by atoms with E-state index in [1.807, 2.05) is 17.1 Å². The Labute approximate surface area is 82.6 Å². The van der Waals surface area contributed by atoms with Crippen molar-refractivity contribution in [1.82, 2.24) is 9.78 Å². The van der Waals surface area contributed by atoms with Crippen LogP contribution in [0.4, 0.5) is 0 Å². The maximum atomic E-state index is 5.43. The molecule has 2 heterocycles. The van der Waals surface area contributed by atoms with Crippen LogP contribution in [0.25, 0.3) is 0 Å². The number of aromatic nitrogens is 2. The summed E-state index contributed by atoms with van der Waals surface area (Å²) in [7, 11) is 0. The maximum Gasteiger partial charge on any atom is 0.282 e. The molecule has 5 nitrogen and oxygen atoms in total. The van der Waals surface area contributed by atoms with Crippen molar-refractivity contribution >= 4 is 6.02 Å². The number of nitrogens with zero attached hydrogens (tertiary/aromatic N) is 3. The predicted octanol–water partition coefficient (Wildman–Crippen LogP) is 0.850. The van der Waals surface area contributed by atoms with Crippen LogP contribution in [0.2, 0.25) is 0 Å². The van der Waals surface area contributed by atoms with Crippen LogP contribution in [-0.4, -0.2) is 22.4 Å². The molecule has 1 unspecified atom stereocenters. The maximum absolute atomic E-state index is 5.43. The molecule has 1 aromatic rings. The van der Waals surface area contributed by atoms with E-state index >= 15 is 0 Å². The second-order valence-corrected chi connectivity index (χ2v) is 3.64. The third-order valence-electron chi connectivity index (χ3n) is 2.21. The second kappa shape index (κ2) is 3.32. The van der Waals surface area contributed by atoms with Crippen LogP contribution in [0.1, 0.15) is 31.5 Å². The molecule has 1 aromatic heterocycles. The van der Waals surface area contributed by atoms with E-state index in [2.05, 4.69) is 23.9 Å². The Morgan fingerprint density at radius 3 is 2.93 bits per heavy atom. The molecule has 0 saturated carbocycles. The van der Waals surface area contributed by atoms with Gasteiger partial charge in [-0.25, -0.2) is 4.99 Å². The Bertz CT molecular complexity index is 355. The second-order valence-electron chi connectivity index (χ2n) is 3.64. The van der Waals surface area contributed by atoms with Crippen molar-refractivity contribution in [2.45, 2.75) is 25.9 Å². The molecule has 0 radical (unpaired) electrons. The number of ether oxygens (including phenoxy) is 1. The van der Waals surface area contributed by atoms with Crippen molar-refractivity contribution in [3.63, 3.8) is 0 Å². The fraction of sp³-hybridized carbons (Fsp3) is 0.556. The van der Waals surface area contributed by atoms with Gasteiger partial charge in [-0.3, -0.25) is 4.68 Å². The first-order valence-corrected chi connectivity index (χ1v) is 4.67. The highest BCUT2D eigenvalue weighted by Crippen LogP contribution is 2.21. The fourth-order valence-corrected chi connectivity index (χ4v) is 1.37. The van der Waals surface area contributed by atoms with Crippen LogP contribution in [0.5, 0.6) is 0 Å². The molecule has 2 N–H and O–H groups in total. The van der Waals surface area contributed by atoms with E-state index in [1.54, 1.807) is 0 Å². The summed E-state index contributed by atoms with van der Waals surface area (Å²) >= 11 is 0. The summed E-state index contributed by atoms with van der Waals surface area (Å²) in [6, 6.07) is 0.655. The number of aliphatic imine (C=N–C) groups is 1. The lowest BCUT2D eigenvalue weighted by Gasteiger charge is -2.03. The molecule has 1 atom stereocenters. The van der Waals surface area contributed by atoms with Crippen LogP contribution in [0.15, 0.2) is 17.4 Å². The molecule has 0 bridgehead atoms. The molecule has 0 fully saturated rings. The van der Waals surface area contributed by atoms with E-state index in [4.69, 9.17) is 10.5 Å². The van der Waals surface area contributed by atoms with Gasteiger partial charge in [0.05, 0.1) is 6.20 Å². The van der Waals surface area contributed by atoms with Crippen molar-refractivity contribution < 1.29 is 4.74 Å². The first-order valence-electron chi connectivity index (χ1n) is 4.67. The molecular formula is C9H14N4O. The third-order valence-corrected chi connectivity index (χ3v) is 2.21. The van der Waals surface area contributed by atoms with E-state index in [0.29, 0.717) is 12.6 Å². The summed E-state index contributed by atoms with van der Waals surface area (Å²) in [4.78, 5) is 4.15. The average molecular weight is 194 g/mol. The van der Waals surface area contributed by atoms with E-state index in [-0.39, 0.29) is 12.1 Å². The molecule has 14 heavy (non-hydrogen) atoms. The number of hydrogen-bond donors (Lipinski definition) is 1. The molecule has 0 saturated heterocycles. The van der Waals surface area contributed by atoms with Crippen LogP contribution < -0.4 is 5.73 Å². The molecule has 2 rings (SSSR count). The first kappa shape index (κ1) is 9.05. The highest BCUT2D eigenvalue weighted by atomic mass is 16.5. The van der Waals surface area contributed by atoms with Crippen LogP contribution in [0.3, 0.4) is 0 Å².